The van der Waals surface area contributed by atoms with Crippen LogP contribution < -0.4 is 5.56 Å². The minimum atomic E-state index is -0.137. The van der Waals surface area contributed by atoms with Crippen molar-refractivity contribution >= 4 is 34.3 Å². The predicted molar refractivity (Wildman–Crippen MR) is 113 cm³/mol. The van der Waals surface area contributed by atoms with Crippen molar-refractivity contribution in [1.82, 2.24) is 24.1 Å². The lowest BCUT2D eigenvalue weighted by atomic mass is 10.2. The third-order valence-corrected chi connectivity index (χ3v) is 5.22. The van der Waals surface area contributed by atoms with Gasteiger partial charge in [0, 0.05) is 19.6 Å². The molecule has 8 heteroatoms. The Bertz CT molecular complexity index is 1110. The molecule has 3 aromatic rings. The van der Waals surface area contributed by atoms with Crippen LogP contribution in [0.25, 0.3) is 16.7 Å². The number of carbonyl (C=O) groups is 1. The first kappa shape index (κ1) is 19.9. The van der Waals surface area contributed by atoms with E-state index in [1.54, 1.807) is 17.0 Å². The van der Waals surface area contributed by atoms with Gasteiger partial charge in [0.05, 0.1) is 16.7 Å². The third kappa shape index (κ3) is 3.73. The molecule has 0 spiro atoms. The second-order valence-corrected chi connectivity index (χ2v) is 7.44. The topological polar surface area (TPSA) is 72.5 Å². The van der Waals surface area contributed by atoms with Crippen molar-refractivity contribution in [2.45, 2.75) is 25.5 Å². The summed E-state index contributed by atoms with van der Waals surface area (Å²) in [5, 5.41) is 9.59. The van der Waals surface area contributed by atoms with Crippen LogP contribution in [0.3, 0.4) is 0 Å². The molecule has 2 heterocycles. The summed E-state index contributed by atoms with van der Waals surface area (Å²) in [5.74, 6) is 0.681. The maximum Gasteiger partial charge on any atom is 0.263 e. The van der Waals surface area contributed by atoms with Gasteiger partial charge in [-0.2, -0.15) is 0 Å². The van der Waals surface area contributed by atoms with E-state index in [9.17, 15) is 9.59 Å². The molecule has 146 valence electrons. The molecule has 1 amide bonds. The summed E-state index contributed by atoms with van der Waals surface area (Å²) >= 11 is 1.31. The Hall–Kier alpha value is -2.87. The molecule has 0 unspecified atom stereocenters. The summed E-state index contributed by atoms with van der Waals surface area (Å²) in [6.45, 7) is 12.9. The molecule has 0 N–H and O–H groups in total. The second-order valence-electron chi connectivity index (χ2n) is 6.49. The highest BCUT2D eigenvalue weighted by molar-refractivity contribution is 7.99. The van der Waals surface area contributed by atoms with Crippen LogP contribution in [0.2, 0.25) is 0 Å². The van der Waals surface area contributed by atoms with Gasteiger partial charge >= 0.3 is 0 Å². The van der Waals surface area contributed by atoms with E-state index in [2.05, 4.69) is 23.4 Å². The van der Waals surface area contributed by atoms with Crippen LogP contribution in [-0.4, -0.2) is 48.8 Å². The maximum absolute atomic E-state index is 12.8. The van der Waals surface area contributed by atoms with E-state index < -0.39 is 0 Å². The minimum absolute atomic E-state index is 0.0102. The summed E-state index contributed by atoms with van der Waals surface area (Å²) in [4.78, 5) is 27.1. The van der Waals surface area contributed by atoms with Crippen LogP contribution >= 0.6 is 11.8 Å². The number of fused-ring (bicyclic) bond motifs is 3. The quantitative estimate of drug-likeness (QED) is 0.432. The normalized spacial score (nSPS) is 11.1. The molecule has 1 aromatic carbocycles. The van der Waals surface area contributed by atoms with Gasteiger partial charge in [-0.25, -0.2) is 0 Å². The smallest absolute Gasteiger partial charge is 0.263 e. The first-order chi connectivity index (χ1) is 13.5. The van der Waals surface area contributed by atoms with Gasteiger partial charge in [0.1, 0.15) is 0 Å². The van der Waals surface area contributed by atoms with Crippen LogP contribution in [0.1, 0.15) is 13.8 Å². The van der Waals surface area contributed by atoms with Gasteiger partial charge < -0.3 is 4.90 Å². The molecular formula is C20H23N5O2S. The van der Waals surface area contributed by atoms with E-state index in [-0.39, 0.29) is 17.2 Å². The Morgan fingerprint density at radius 2 is 2.07 bits per heavy atom. The van der Waals surface area contributed by atoms with E-state index in [1.165, 1.54) is 16.3 Å². The van der Waals surface area contributed by atoms with E-state index in [1.807, 2.05) is 36.4 Å². The molecule has 0 fully saturated rings. The number of carbonyl (C=O) groups excluding carboxylic acids is 1. The third-order valence-electron chi connectivity index (χ3n) is 4.31. The summed E-state index contributed by atoms with van der Waals surface area (Å²) in [6, 6.07) is 7.33. The fourth-order valence-corrected chi connectivity index (χ4v) is 3.88. The van der Waals surface area contributed by atoms with Crippen molar-refractivity contribution in [2.24, 2.45) is 0 Å². The van der Waals surface area contributed by atoms with Gasteiger partial charge in [-0.1, -0.05) is 42.1 Å². The molecule has 0 aliphatic heterocycles. The number of benzene rings is 1. The van der Waals surface area contributed by atoms with Crippen LogP contribution in [0.5, 0.6) is 0 Å². The lowest BCUT2D eigenvalue weighted by molar-refractivity contribution is -0.127. The van der Waals surface area contributed by atoms with Gasteiger partial charge in [0.25, 0.3) is 5.56 Å². The number of thioether (sulfide) groups is 1. The van der Waals surface area contributed by atoms with Crippen LogP contribution in [0.15, 0.2) is 59.0 Å². The molecule has 3 rings (SSSR count). The molecule has 0 aliphatic rings. The monoisotopic (exact) mass is 397 g/mol. The molecule has 2 aromatic heterocycles. The average molecular weight is 398 g/mol. The standard InChI is InChI=1S/C20H23N5O2S/c1-5-11-24-18(27)15-9-7-8-10-16(15)25-19(24)21-22-20(25)28-13-17(26)23(6-2)12-14(3)4/h5,7-10H,1,3,6,11-13H2,2,4H3. The highest BCUT2D eigenvalue weighted by atomic mass is 32.2. The molecule has 0 aliphatic carbocycles. The van der Waals surface area contributed by atoms with Gasteiger partial charge in [-0.15, -0.1) is 16.8 Å². The van der Waals surface area contributed by atoms with Crippen molar-refractivity contribution in [2.75, 3.05) is 18.8 Å². The number of aromatic nitrogens is 4. The SMILES string of the molecule is C=CCn1c(=O)c2ccccc2n2c(SCC(=O)N(CC)CC(=C)C)nnc12. The average Bonchev–Trinajstić information content (AvgIpc) is 3.11. The Labute approximate surface area is 167 Å². The number of nitrogens with zero attached hydrogens (tertiary/aromatic N) is 5. The van der Waals surface area contributed by atoms with E-state index >= 15 is 0 Å². The number of para-hydroxylation sites is 1. The maximum atomic E-state index is 12.8. The highest BCUT2D eigenvalue weighted by Crippen LogP contribution is 2.22. The first-order valence-corrected chi connectivity index (χ1v) is 9.99. The highest BCUT2D eigenvalue weighted by Gasteiger charge is 2.18. The number of likely N-dealkylation sites (N-methyl/N-ethyl adjacent to an activating group) is 1. The number of rotatable bonds is 8. The Morgan fingerprint density at radius 3 is 2.75 bits per heavy atom. The second kappa shape index (κ2) is 8.43. The van der Waals surface area contributed by atoms with Crippen LogP contribution in [-0.2, 0) is 11.3 Å². The minimum Gasteiger partial charge on any atom is -0.338 e. The van der Waals surface area contributed by atoms with Crippen molar-refractivity contribution in [3.05, 3.63) is 59.4 Å². The van der Waals surface area contributed by atoms with Gasteiger partial charge in [0.2, 0.25) is 11.7 Å². The van der Waals surface area contributed by atoms with Crippen LogP contribution in [0.4, 0.5) is 0 Å². The number of amides is 1. The summed E-state index contributed by atoms with van der Waals surface area (Å²) in [6.07, 6.45) is 1.65. The molecule has 0 radical (unpaired) electrons. The van der Waals surface area contributed by atoms with E-state index in [4.69, 9.17) is 0 Å². The molecule has 0 bridgehead atoms. The first-order valence-electron chi connectivity index (χ1n) is 9.00. The van der Waals surface area contributed by atoms with Gasteiger partial charge in [-0.05, 0) is 26.0 Å². The number of hydrogen-bond acceptors (Lipinski definition) is 5. The molecule has 0 atom stereocenters. The Balaban J connectivity index is 2.01. The zero-order valence-corrected chi connectivity index (χ0v) is 16.9. The lowest BCUT2D eigenvalue weighted by Crippen LogP contribution is -2.33. The van der Waals surface area contributed by atoms with Crippen molar-refractivity contribution in [1.29, 1.82) is 0 Å². The molecule has 28 heavy (non-hydrogen) atoms. The van der Waals surface area contributed by atoms with Crippen molar-refractivity contribution in [3.8, 4) is 0 Å². The number of allylic oxidation sites excluding steroid dienone is 1. The zero-order chi connectivity index (χ0) is 20.3. The zero-order valence-electron chi connectivity index (χ0n) is 16.1. The molecule has 0 saturated heterocycles. The lowest BCUT2D eigenvalue weighted by Gasteiger charge is -2.20. The van der Waals surface area contributed by atoms with Gasteiger partial charge in [-0.3, -0.25) is 18.6 Å². The van der Waals surface area contributed by atoms with Gasteiger partial charge in [0.15, 0.2) is 5.16 Å². The summed E-state index contributed by atoms with van der Waals surface area (Å²) in [7, 11) is 0. The number of hydrogen-bond donors (Lipinski definition) is 0. The predicted octanol–water partition coefficient (Wildman–Crippen LogP) is 2.75. The Kier molecular flexibility index (Phi) is 5.99. The van der Waals surface area contributed by atoms with Crippen molar-refractivity contribution < 1.29 is 4.79 Å². The van der Waals surface area contributed by atoms with E-state index in [0.29, 0.717) is 36.0 Å². The van der Waals surface area contributed by atoms with Crippen LogP contribution in [0, 0.1) is 0 Å². The molecule has 7 nitrogen and oxygen atoms in total. The van der Waals surface area contributed by atoms with E-state index in [0.717, 1.165) is 11.1 Å². The summed E-state index contributed by atoms with van der Waals surface area (Å²) in [5.41, 5.74) is 1.52. The molecular weight excluding hydrogens is 374 g/mol. The van der Waals surface area contributed by atoms with Crippen molar-refractivity contribution in [3.63, 3.8) is 0 Å². The summed E-state index contributed by atoms with van der Waals surface area (Å²) < 4.78 is 3.36. The Morgan fingerprint density at radius 1 is 1.32 bits per heavy atom. The fourth-order valence-electron chi connectivity index (χ4n) is 3.04. The largest absolute Gasteiger partial charge is 0.338 e. The molecule has 0 saturated carbocycles. The fraction of sp³-hybridized carbons (Fsp3) is 0.300.